The van der Waals surface area contributed by atoms with Crippen molar-refractivity contribution in [2.75, 3.05) is 0 Å². The second-order valence-corrected chi connectivity index (χ2v) is 6.72. The standard InChI is InChI=1S/C21H21ClO3/c1-2-3-4-7-14-10-19(23)17-13-16(21(24)25-20(17)11-14)12-15-8-5-6-9-18(15)22/h5-6,8-11,13,23H,2-4,7,12H2,1H3. The molecule has 0 spiro atoms. The lowest BCUT2D eigenvalue weighted by molar-refractivity contribution is 0.477. The third kappa shape index (κ3) is 4.05. The molecule has 1 aromatic heterocycles. The zero-order valence-corrected chi connectivity index (χ0v) is 15.0. The van der Waals surface area contributed by atoms with Crippen molar-refractivity contribution in [1.82, 2.24) is 0 Å². The summed E-state index contributed by atoms with van der Waals surface area (Å²) in [5.74, 6) is 0.146. The number of unbranched alkanes of at least 4 members (excludes halogenated alkanes) is 2. The van der Waals surface area contributed by atoms with Crippen LogP contribution >= 0.6 is 11.6 Å². The van der Waals surface area contributed by atoms with Crippen molar-refractivity contribution in [3.8, 4) is 5.75 Å². The molecule has 0 aliphatic heterocycles. The van der Waals surface area contributed by atoms with E-state index >= 15 is 0 Å². The molecule has 25 heavy (non-hydrogen) atoms. The summed E-state index contributed by atoms with van der Waals surface area (Å²) in [6.07, 6.45) is 4.56. The monoisotopic (exact) mass is 356 g/mol. The molecule has 4 heteroatoms. The third-order valence-corrected chi connectivity index (χ3v) is 4.74. The number of rotatable bonds is 6. The van der Waals surface area contributed by atoms with Gasteiger partial charge in [-0.1, -0.05) is 49.6 Å². The molecule has 0 radical (unpaired) electrons. The molecule has 0 saturated carbocycles. The van der Waals surface area contributed by atoms with Gasteiger partial charge >= 0.3 is 5.63 Å². The Morgan fingerprint density at radius 3 is 2.64 bits per heavy atom. The van der Waals surface area contributed by atoms with Gasteiger partial charge in [-0.3, -0.25) is 0 Å². The number of fused-ring (bicyclic) bond motifs is 1. The number of phenols is 1. The van der Waals surface area contributed by atoms with E-state index in [4.69, 9.17) is 16.0 Å². The van der Waals surface area contributed by atoms with Crippen molar-refractivity contribution in [3.63, 3.8) is 0 Å². The van der Waals surface area contributed by atoms with Gasteiger partial charge in [0.15, 0.2) is 0 Å². The Kier molecular flexibility index (Phi) is 5.44. The second-order valence-electron chi connectivity index (χ2n) is 6.31. The molecule has 3 nitrogen and oxygen atoms in total. The van der Waals surface area contributed by atoms with Gasteiger partial charge in [-0.15, -0.1) is 0 Å². The molecule has 3 rings (SSSR count). The highest BCUT2D eigenvalue weighted by Gasteiger charge is 2.12. The van der Waals surface area contributed by atoms with Crippen LogP contribution in [-0.4, -0.2) is 5.11 Å². The van der Waals surface area contributed by atoms with E-state index in [-0.39, 0.29) is 5.75 Å². The molecule has 0 unspecified atom stereocenters. The van der Waals surface area contributed by atoms with Gasteiger partial charge in [0.2, 0.25) is 0 Å². The van der Waals surface area contributed by atoms with E-state index in [1.54, 1.807) is 18.2 Å². The van der Waals surface area contributed by atoms with E-state index in [2.05, 4.69) is 6.92 Å². The van der Waals surface area contributed by atoms with Crippen LogP contribution in [0.2, 0.25) is 5.02 Å². The molecule has 0 amide bonds. The Hall–Kier alpha value is -2.26. The lowest BCUT2D eigenvalue weighted by Gasteiger charge is -2.08. The molecule has 1 heterocycles. The fourth-order valence-electron chi connectivity index (χ4n) is 2.99. The lowest BCUT2D eigenvalue weighted by Crippen LogP contribution is -2.08. The third-order valence-electron chi connectivity index (χ3n) is 4.37. The number of aryl methyl sites for hydroxylation is 1. The first-order chi connectivity index (χ1) is 12.1. The summed E-state index contributed by atoms with van der Waals surface area (Å²) >= 11 is 6.18. The first-order valence-corrected chi connectivity index (χ1v) is 8.98. The molecule has 3 aromatic rings. The van der Waals surface area contributed by atoms with Crippen molar-refractivity contribution in [1.29, 1.82) is 0 Å². The van der Waals surface area contributed by atoms with E-state index in [0.717, 1.165) is 36.8 Å². The molecule has 2 aromatic carbocycles. The average Bonchev–Trinajstić information content (AvgIpc) is 2.58. The highest BCUT2D eigenvalue weighted by atomic mass is 35.5. The summed E-state index contributed by atoms with van der Waals surface area (Å²) in [7, 11) is 0. The number of phenolic OH excluding ortho intramolecular Hbond substituents is 1. The van der Waals surface area contributed by atoms with Crippen molar-refractivity contribution < 1.29 is 9.52 Å². The smallest absolute Gasteiger partial charge is 0.339 e. The highest BCUT2D eigenvalue weighted by Crippen LogP contribution is 2.28. The van der Waals surface area contributed by atoms with Crippen LogP contribution in [0.5, 0.6) is 5.75 Å². The number of benzene rings is 2. The van der Waals surface area contributed by atoms with Crippen molar-refractivity contribution >= 4 is 22.6 Å². The van der Waals surface area contributed by atoms with Crippen LogP contribution in [0.15, 0.2) is 51.7 Å². The minimum Gasteiger partial charge on any atom is -0.507 e. The Balaban J connectivity index is 1.96. The van der Waals surface area contributed by atoms with Crippen LogP contribution in [0.25, 0.3) is 11.0 Å². The van der Waals surface area contributed by atoms with Gasteiger partial charge in [0.05, 0.1) is 5.39 Å². The summed E-state index contributed by atoms with van der Waals surface area (Å²) in [6, 6.07) is 12.7. The van der Waals surface area contributed by atoms with E-state index in [9.17, 15) is 9.90 Å². The number of halogens is 1. The summed E-state index contributed by atoms with van der Waals surface area (Å²) in [4.78, 5) is 12.3. The quantitative estimate of drug-likeness (QED) is 0.470. The zero-order chi connectivity index (χ0) is 17.8. The predicted molar refractivity (Wildman–Crippen MR) is 102 cm³/mol. The molecular formula is C21H21ClO3. The maximum Gasteiger partial charge on any atom is 0.339 e. The number of aromatic hydroxyl groups is 1. The van der Waals surface area contributed by atoms with Gasteiger partial charge in [-0.2, -0.15) is 0 Å². The second kappa shape index (κ2) is 7.75. The largest absolute Gasteiger partial charge is 0.507 e. The van der Waals surface area contributed by atoms with Crippen LogP contribution in [0.1, 0.15) is 42.9 Å². The van der Waals surface area contributed by atoms with Crippen molar-refractivity contribution in [2.24, 2.45) is 0 Å². The summed E-state index contributed by atoms with van der Waals surface area (Å²) in [5.41, 5.74) is 2.36. The number of hydrogen-bond acceptors (Lipinski definition) is 3. The Morgan fingerprint density at radius 2 is 1.88 bits per heavy atom. The summed E-state index contributed by atoms with van der Waals surface area (Å²) in [6.45, 7) is 2.15. The first kappa shape index (κ1) is 17.6. The van der Waals surface area contributed by atoms with Gasteiger partial charge < -0.3 is 9.52 Å². The molecule has 0 aliphatic rings. The van der Waals surface area contributed by atoms with E-state index in [1.165, 1.54) is 0 Å². The molecule has 0 fully saturated rings. The highest BCUT2D eigenvalue weighted by molar-refractivity contribution is 6.31. The van der Waals surface area contributed by atoms with E-state index in [1.807, 2.05) is 24.3 Å². The van der Waals surface area contributed by atoms with E-state index < -0.39 is 5.63 Å². The summed E-state index contributed by atoms with van der Waals surface area (Å²) < 4.78 is 5.47. The molecule has 130 valence electrons. The van der Waals surface area contributed by atoms with Gasteiger partial charge in [0, 0.05) is 17.0 Å². The minimum absolute atomic E-state index is 0.146. The zero-order valence-electron chi connectivity index (χ0n) is 14.2. The molecule has 0 bridgehead atoms. The molecule has 0 aliphatic carbocycles. The Bertz CT molecular complexity index is 944. The van der Waals surface area contributed by atoms with Gasteiger partial charge in [-0.05, 0) is 48.2 Å². The number of hydrogen-bond donors (Lipinski definition) is 1. The topological polar surface area (TPSA) is 50.4 Å². The minimum atomic E-state index is -0.391. The fourth-order valence-corrected chi connectivity index (χ4v) is 3.19. The van der Waals surface area contributed by atoms with Crippen LogP contribution in [0.4, 0.5) is 0 Å². The van der Waals surface area contributed by atoms with Crippen LogP contribution < -0.4 is 5.63 Å². The van der Waals surface area contributed by atoms with Crippen molar-refractivity contribution in [2.45, 2.75) is 39.0 Å². The fraction of sp³-hybridized carbons (Fsp3) is 0.286. The molecule has 0 atom stereocenters. The van der Waals surface area contributed by atoms with Gasteiger partial charge in [0.1, 0.15) is 11.3 Å². The maximum atomic E-state index is 12.3. The van der Waals surface area contributed by atoms with Gasteiger partial charge in [0.25, 0.3) is 0 Å². The Morgan fingerprint density at radius 1 is 1.08 bits per heavy atom. The maximum absolute atomic E-state index is 12.3. The van der Waals surface area contributed by atoms with Gasteiger partial charge in [-0.25, -0.2) is 4.79 Å². The SMILES string of the molecule is CCCCCc1cc(O)c2cc(Cc3ccccc3Cl)c(=O)oc2c1. The van der Waals surface area contributed by atoms with Crippen LogP contribution in [0.3, 0.4) is 0 Å². The average molecular weight is 357 g/mol. The normalized spacial score (nSPS) is 11.1. The molecule has 0 saturated heterocycles. The Labute approximate surface area is 151 Å². The first-order valence-electron chi connectivity index (χ1n) is 8.60. The lowest BCUT2D eigenvalue weighted by atomic mass is 10.0. The molecular weight excluding hydrogens is 336 g/mol. The predicted octanol–water partition coefficient (Wildman–Crippen LogP) is 5.48. The van der Waals surface area contributed by atoms with Crippen molar-refractivity contribution in [3.05, 3.63) is 74.6 Å². The van der Waals surface area contributed by atoms with Crippen LogP contribution in [0, 0.1) is 0 Å². The van der Waals surface area contributed by atoms with E-state index in [0.29, 0.717) is 28.0 Å². The van der Waals surface area contributed by atoms with Crippen LogP contribution in [-0.2, 0) is 12.8 Å². The summed E-state index contributed by atoms with van der Waals surface area (Å²) in [5, 5.41) is 11.5. The molecule has 1 N–H and O–H groups in total.